The van der Waals surface area contributed by atoms with Gasteiger partial charge >= 0.3 is 17.1 Å². The van der Waals surface area contributed by atoms with Crippen LogP contribution in [0.25, 0.3) is 0 Å². The third kappa shape index (κ3) is 189. The largest absolute Gasteiger partial charge is 2.00 e. The zero-order valence-corrected chi connectivity index (χ0v) is 5.09. The molecule has 0 unspecified atom stereocenters. The van der Waals surface area contributed by atoms with Crippen LogP contribution in [0.5, 0.6) is 0 Å². The summed E-state index contributed by atoms with van der Waals surface area (Å²) in [5.74, 6) is 0. The van der Waals surface area contributed by atoms with E-state index in [2.05, 4.69) is 0 Å². The van der Waals surface area contributed by atoms with Crippen molar-refractivity contribution in [2.75, 3.05) is 0 Å². The van der Waals surface area contributed by atoms with E-state index in [1.54, 1.807) is 0 Å². The summed E-state index contributed by atoms with van der Waals surface area (Å²) in [5.41, 5.74) is 0. The SMILES string of the molecule is O.O=[N+]([O-])[O-].O=[N+]([O-])[O-].[Cu+2]. The molecule has 0 fully saturated rings. The molecular formula is H2CuN2O7. The molecule has 0 aromatic carbocycles. The van der Waals surface area contributed by atoms with Gasteiger partial charge in [-0.1, -0.05) is 0 Å². The minimum atomic E-state index is -1.75. The summed E-state index contributed by atoms with van der Waals surface area (Å²) >= 11 is 0. The molecule has 0 saturated heterocycles. The molecule has 0 aromatic rings. The summed E-state index contributed by atoms with van der Waals surface area (Å²) in [6, 6.07) is 0. The molecular weight excluding hydrogens is 204 g/mol. The van der Waals surface area contributed by atoms with Crippen molar-refractivity contribution in [3.8, 4) is 0 Å². The molecule has 9 nitrogen and oxygen atoms in total. The minimum Gasteiger partial charge on any atom is -0.412 e. The summed E-state index contributed by atoms with van der Waals surface area (Å²) in [5, 5.41) is 29.5. The Morgan fingerprint density at radius 2 is 0.800 bits per heavy atom. The zero-order chi connectivity index (χ0) is 7.15. The van der Waals surface area contributed by atoms with Crippen molar-refractivity contribution in [3.63, 3.8) is 0 Å². The van der Waals surface area contributed by atoms with Crippen LogP contribution in [0, 0.1) is 30.6 Å². The summed E-state index contributed by atoms with van der Waals surface area (Å²) in [7, 11) is 0. The Bertz CT molecular complexity index is 69.6. The number of rotatable bonds is 0. The smallest absolute Gasteiger partial charge is 0.412 e. The van der Waals surface area contributed by atoms with Gasteiger partial charge < -0.3 is 36.1 Å². The van der Waals surface area contributed by atoms with Crippen molar-refractivity contribution >= 4 is 0 Å². The Labute approximate surface area is 64.3 Å². The number of hydrogen-bond acceptors (Lipinski definition) is 6. The van der Waals surface area contributed by atoms with Crippen LogP contribution in [0.4, 0.5) is 0 Å². The van der Waals surface area contributed by atoms with Crippen molar-refractivity contribution in [1.29, 1.82) is 0 Å². The molecule has 0 amide bonds. The molecule has 0 atom stereocenters. The molecule has 10 heavy (non-hydrogen) atoms. The second-order valence-corrected chi connectivity index (χ2v) is 0.447. The van der Waals surface area contributed by atoms with Gasteiger partial charge in [0.2, 0.25) is 0 Å². The van der Waals surface area contributed by atoms with E-state index in [1.807, 2.05) is 0 Å². The Balaban J connectivity index is -0.0000000300. The van der Waals surface area contributed by atoms with Gasteiger partial charge in [0.15, 0.2) is 0 Å². The van der Waals surface area contributed by atoms with Crippen molar-refractivity contribution < 1.29 is 32.7 Å². The maximum Gasteiger partial charge on any atom is 2.00 e. The molecule has 0 bridgehead atoms. The van der Waals surface area contributed by atoms with Gasteiger partial charge in [-0.05, 0) is 0 Å². The Hall–Kier alpha value is -1.12. The Morgan fingerprint density at radius 1 is 0.800 bits per heavy atom. The standard InChI is InChI=1S/Cu.2NO3.H2O/c;2*2-1(3)4;/h;;;1H2/q+2;2*-1;. The third-order valence-electron chi connectivity index (χ3n) is 0. The summed E-state index contributed by atoms with van der Waals surface area (Å²) in [6.07, 6.45) is 0. The molecule has 0 aliphatic carbocycles. The molecule has 0 heterocycles. The van der Waals surface area contributed by atoms with Gasteiger partial charge in [-0.3, -0.25) is 0 Å². The van der Waals surface area contributed by atoms with E-state index in [4.69, 9.17) is 30.6 Å². The molecule has 0 aliphatic heterocycles. The fourth-order valence-corrected chi connectivity index (χ4v) is 0. The van der Waals surface area contributed by atoms with E-state index < -0.39 is 10.2 Å². The van der Waals surface area contributed by atoms with Gasteiger partial charge in [-0.25, -0.2) is 0 Å². The molecule has 0 aliphatic rings. The first kappa shape index (κ1) is 23.2. The van der Waals surface area contributed by atoms with Crippen LogP contribution in [-0.4, -0.2) is 15.6 Å². The maximum atomic E-state index is 8.25. The molecule has 65 valence electrons. The average Bonchev–Trinajstić information content (AvgIpc) is 1.25. The number of nitrogens with zero attached hydrogens (tertiary/aromatic N) is 2. The van der Waals surface area contributed by atoms with Crippen LogP contribution in [0.15, 0.2) is 0 Å². The molecule has 10 heteroatoms. The van der Waals surface area contributed by atoms with E-state index in [-0.39, 0.29) is 22.5 Å². The second-order valence-electron chi connectivity index (χ2n) is 0.447. The minimum absolute atomic E-state index is 0. The molecule has 2 N–H and O–H groups in total. The van der Waals surface area contributed by atoms with Crippen molar-refractivity contribution in [2.45, 2.75) is 0 Å². The molecule has 0 saturated carbocycles. The van der Waals surface area contributed by atoms with Crippen molar-refractivity contribution in [2.24, 2.45) is 0 Å². The van der Waals surface area contributed by atoms with Gasteiger partial charge in [-0.2, -0.15) is 0 Å². The van der Waals surface area contributed by atoms with Gasteiger partial charge in [0.25, 0.3) is 0 Å². The monoisotopic (exact) mass is 205 g/mol. The van der Waals surface area contributed by atoms with Crippen LogP contribution >= 0.6 is 0 Å². The first-order chi connectivity index (χ1) is 3.46. The average molecular weight is 206 g/mol. The van der Waals surface area contributed by atoms with E-state index in [0.717, 1.165) is 0 Å². The summed E-state index contributed by atoms with van der Waals surface area (Å²) in [6.45, 7) is 0. The van der Waals surface area contributed by atoms with Crippen LogP contribution in [0.3, 0.4) is 0 Å². The fourth-order valence-electron chi connectivity index (χ4n) is 0. The molecule has 0 aromatic heterocycles. The predicted molar refractivity (Wildman–Crippen MR) is 24.3 cm³/mol. The quantitative estimate of drug-likeness (QED) is 0.271. The van der Waals surface area contributed by atoms with E-state index in [0.29, 0.717) is 0 Å². The van der Waals surface area contributed by atoms with Gasteiger partial charge in [0, 0.05) is 0 Å². The molecule has 1 radical (unpaired) electrons. The zero-order valence-electron chi connectivity index (χ0n) is 4.15. The van der Waals surface area contributed by atoms with Crippen LogP contribution in [0.1, 0.15) is 0 Å². The third-order valence-corrected chi connectivity index (χ3v) is 0. The van der Waals surface area contributed by atoms with E-state index in [9.17, 15) is 0 Å². The first-order valence-electron chi connectivity index (χ1n) is 1.10. The van der Waals surface area contributed by atoms with Gasteiger partial charge in [-0.15, -0.1) is 0 Å². The topological polar surface area (TPSA) is 164 Å². The van der Waals surface area contributed by atoms with Gasteiger partial charge in [0.1, 0.15) is 0 Å². The van der Waals surface area contributed by atoms with E-state index in [1.165, 1.54) is 0 Å². The predicted octanol–water partition coefficient (Wildman–Crippen LogP) is -1.31. The number of hydrogen-bond donors (Lipinski definition) is 0. The Kier molecular flexibility index (Phi) is 36.3. The Morgan fingerprint density at radius 3 is 0.800 bits per heavy atom. The second kappa shape index (κ2) is 15.7. The molecule has 0 rings (SSSR count). The van der Waals surface area contributed by atoms with Crippen molar-refractivity contribution in [1.82, 2.24) is 0 Å². The maximum absolute atomic E-state index is 8.25. The normalized spacial score (nSPS) is 4.80. The molecule has 0 spiro atoms. The van der Waals surface area contributed by atoms with Crippen LogP contribution in [0.2, 0.25) is 0 Å². The van der Waals surface area contributed by atoms with Crippen molar-refractivity contribution in [3.05, 3.63) is 30.6 Å². The van der Waals surface area contributed by atoms with Crippen LogP contribution < -0.4 is 0 Å². The summed E-state index contributed by atoms with van der Waals surface area (Å²) < 4.78 is 0. The van der Waals surface area contributed by atoms with Crippen LogP contribution in [-0.2, 0) is 17.1 Å². The summed E-state index contributed by atoms with van der Waals surface area (Å²) in [4.78, 5) is 16.5. The fraction of sp³-hybridized carbons (Fsp3) is 0. The van der Waals surface area contributed by atoms with Gasteiger partial charge in [0.05, 0.1) is 10.2 Å². The first-order valence-corrected chi connectivity index (χ1v) is 1.10. The van der Waals surface area contributed by atoms with E-state index >= 15 is 0 Å².